The summed E-state index contributed by atoms with van der Waals surface area (Å²) in [6, 6.07) is -0.192. The number of alkyl halides is 3. The normalized spacial score (nSPS) is 37.0. The fraction of sp³-hybridized carbons (Fsp3) is 0.875. The molecule has 74 valence electrons. The summed E-state index contributed by atoms with van der Waals surface area (Å²) >= 11 is 0. The molecular formula is C8H10F3NO. The first-order chi connectivity index (χ1) is 6.00. The van der Waals surface area contributed by atoms with E-state index in [1.54, 1.807) is 0 Å². The van der Waals surface area contributed by atoms with Crippen LogP contribution < -0.4 is 5.32 Å². The van der Waals surface area contributed by atoms with Crippen molar-refractivity contribution in [2.45, 2.75) is 31.5 Å². The minimum atomic E-state index is -4.73. The van der Waals surface area contributed by atoms with Gasteiger partial charge < -0.3 is 5.32 Å². The standard InChI is InChI=1S/C8H10F3NO/c9-8(10,11)7(13)12-6-4-2-1-3-5(4)6/h4-6H,1-3H2,(H,12,13)/t4-,5+,6?. The van der Waals surface area contributed by atoms with E-state index in [0.717, 1.165) is 19.3 Å². The Hall–Kier alpha value is -0.740. The number of amides is 1. The van der Waals surface area contributed by atoms with Crippen LogP contribution in [0.1, 0.15) is 19.3 Å². The quantitative estimate of drug-likeness (QED) is 0.671. The predicted molar refractivity (Wildman–Crippen MR) is 38.8 cm³/mol. The lowest BCUT2D eigenvalue weighted by Gasteiger charge is -2.08. The molecule has 2 fully saturated rings. The van der Waals surface area contributed by atoms with Crippen molar-refractivity contribution in [1.82, 2.24) is 5.32 Å². The first-order valence-electron chi connectivity index (χ1n) is 4.38. The third-order valence-corrected chi connectivity index (χ3v) is 2.96. The predicted octanol–water partition coefficient (Wildman–Crippen LogP) is 1.46. The van der Waals surface area contributed by atoms with Crippen LogP contribution in [0.25, 0.3) is 0 Å². The van der Waals surface area contributed by atoms with Crippen molar-refractivity contribution in [2.24, 2.45) is 11.8 Å². The molecule has 1 N–H and O–H groups in total. The topological polar surface area (TPSA) is 29.1 Å². The molecule has 0 aromatic carbocycles. The minimum Gasteiger partial charge on any atom is -0.345 e. The second-order valence-electron chi connectivity index (χ2n) is 3.76. The lowest BCUT2D eigenvalue weighted by molar-refractivity contribution is -0.173. The van der Waals surface area contributed by atoms with Crippen molar-refractivity contribution in [3.05, 3.63) is 0 Å². The number of fused-ring (bicyclic) bond motifs is 1. The molecule has 2 saturated carbocycles. The van der Waals surface area contributed by atoms with Crippen LogP contribution in [0.2, 0.25) is 0 Å². The Morgan fingerprint density at radius 2 is 1.77 bits per heavy atom. The summed E-state index contributed by atoms with van der Waals surface area (Å²) in [7, 11) is 0. The van der Waals surface area contributed by atoms with Crippen LogP contribution in [0.15, 0.2) is 0 Å². The van der Waals surface area contributed by atoms with Gasteiger partial charge in [0.1, 0.15) is 0 Å². The average Bonchev–Trinajstić information content (AvgIpc) is 2.47. The van der Waals surface area contributed by atoms with Crippen LogP contribution in [-0.4, -0.2) is 18.1 Å². The monoisotopic (exact) mass is 193 g/mol. The molecule has 1 unspecified atom stereocenters. The molecular weight excluding hydrogens is 183 g/mol. The maximum absolute atomic E-state index is 11.8. The van der Waals surface area contributed by atoms with Gasteiger partial charge in [-0.2, -0.15) is 13.2 Å². The van der Waals surface area contributed by atoms with Crippen molar-refractivity contribution in [1.29, 1.82) is 0 Å². The van der Waals surface area contributed by atoms with E-state index in [1.807, 2.05) is 5.32 Å². The van der Waals surface area contributed by atoms with E-state index in [2.05, 4.69) is 0 Å². The third kappa shape index (κ3) is 1.51. The first kappa shape index (κ1) is 8.84. The van der Waals surface area contributed by atoms with Crippen LogP contribution >= 0.6 is 0 Å². The lowest BCUT2D eigenvalue weighted by Crippen LogP contribution is -2.39. The van der Waals surface area contributed by atoms with Gasteiger partial charge in [-0.15, -0.1) is 0 Å². The highest BCUT2D eigenvalue weighted by Gasteiger charge is 2.55. The number of rotatable bonds is 1. The van der Waals surface area contributed by atoms with Gasteiger partial charge in [0.2, 0.25) is 0 Å². The highest BCUT2D eigenvalue weighted by Crippen LogP contribution is 2.52. The summed E-state index contributed by atoms with van der Waals surface area (Å²) in [5.41, 5.74) is 0. The van der Waals surface area contributed by atoms with Crippen LogP contribution in [0.3, 0.4) is 0 Å². The fourth-order valence-electron chi connectivity index (χ4n) is 2.27. The molecule has 0 saturated heterocycles. The second-order valence-corrected chi connectivity index (χ2v) is 3.76. The Bertz CT molecular complexity index is 228. The zero-order valence-corrected chi connectivity index (χ0v) is 6.90. The molecule has 0 aromatic heterocycles. The van der Waals surface area contributed by atoms with E-state index in [0.29, 0.717) is 11.8 Å². The van der Waals surface area contributed by atoms with Gasteiger partial charge in [-0.3, -0.25) is 4.79 Å². The van der Waals surface area contributed by atoms with Gasteiger partial charge in [0.15, 0.2) is 0 Å². The van der Waals surface area contributed by atoms with E-state index in [9.17, 15) is 18.0 Å². The van der Waals surface area contributed by atoms with Crippen LogP contribution in [0.4, 0.5) is 13.2 Å². The van der Waals surface area contributed by atoms with E-state index < -0.39 is 12.1 Å². The Morgan fingerprint density at radius 1 is 1.23 bits per heavy atom. The van der Waals surface area contributed by atoms with Crippen molar-refractivity contribution < 1.29 is 18.0 Å². The second kappa shape index (κ2) is 2.62. The summed E-state index contributed by atoms with van der Waals surface area (Å²) in [5, 5.41) is 2.03. The van der Waals surface area contributed by atoms with Crippen molar-refractivity contribution >= 4 is 5.91 Å². The number of nitrogens with one attached hydrogen (secondary N) is 1. The molecule has 0 spiro atoms. The van der Waals surface area contributed by atoms with Gasteiger partial charge in [0.05, 0.1) is 0 Å². The van der Waals surface area contributed by atoms with Crippen LogP contribution in [-0.2, 0) is 4.79 Å². The van der Waals surface area contributed by atoms with Gasteiger partial charge in [-0.1, -0.05) is 6.42 Å². The Kier molecular flexibility index (Phi) is 1.78. The third-order valence-electron chi connectivity index (χ3n) is 2.96. The molecule has 2 rings (SSSR count). The van der Waals surface area contributed by atoms with Gasteiger partial charge in [0, 0.05) is 6.04 Å². The first-order valence-corrected chi connectivity index (χ1v) is 4.38. The van der Waals surface area contributed by atoms with E-state index in [4.69, 9.17) is 0 Å². The van der Waals surface area contributed by atoms with E-state index in [1.165, 1.54) is 0 Å². The summed E-state index contributed by atoms with van der Waals surface area (Å²) in [6.45, 7) is 0. The summed E-state index contributed by atoms with van der Waals surface area (Å²) < 4.78 is 35.4. The Balaban J connectivity index is 1.84. The number of carbonyl (C=O) groups is 1. The molecule has 13 heavy (non-hydrogen) atoms. The van der Waals surface area contributed by atoms with Gasteiger partial charge in [-0.25, -0.2) is 0 Å². The lowest BCUT2D eigenvalue weighted by atomic mass is 10.2. The number of halogens is 3. The molecule has 0 aromatic rings. The molecule has 2 aliphatic carbocycles. The zero-order valence-electron chi connectivity index (χ0n) is 6.90. The minimum absolute atomic E-state index is 0.192. The number of carbonyl (C=O) groups excluding carboxylic acids is 1. The van der Waals surface area contributed by atoms with Crippen LogP contribution in [0, 0.1) is 11.8 Å². The van der Waals surface area contributed by atoms with Gasteiger partial charge in [-0.05, 0) is 24.7 Å². The Labute approximate surface area is 73.5 Å². The largest absolute Gasteiger partial charge is 0.471 e. The summed E-state index contributed by atoms with van der Waals surface area (Å²) in [6.07, 6.45) is -1.70. The number of hydrogen-bond acceptors (Lipinski definition) is 1. The summed E-state index contributed by atoms with van der Waals surface area (Å²) in [5.74, 6) is -1.13. The molecule has 2 aliphatic rings. The van der Waals surface area contributed by atoms with E-state index >= 15 is 0 Å². The van der Waals surface area contributed by atoms with E-state index in [-0.39, 0.29) is 6.04 Å². The summed E-state index contributed by atoms with van der Waals surface area (Å²) in [4.78, 5) is 10.5. The van der Waals surface area contributed by atoms with Crippen molar-refractivity contribution in [3.8, 4) is 0 Å². The molecule has 1 amide bonds. The molecule has 5 heteroatoms. The molecule has 0 radical (unpaired) electrons. The van der Waals surface area contributed by atoms with Gasteiger partial charge in [0.25, 0.3) is 0 Å². The average molecular weight is 193 g/mol. The zero-order chi connectivity index (χ0) is 9.64. The van der Waals surface area contributed by atoms with Crippen molar-refractivity contribution in [2.75, 3.05) is 0 Å². The molecule has 3 atom stereocenters. The maximum atomic E-state index is 11.8. The smallest absolute Gasteiger partial charge is 0.345 e. The maximum Gasteiger partial charge on any atom is 0.471 e. The highest BCUT2D eigenvalue weighted by molar-refractivity contribution is 5.82. The Morgan fingerprint density at radius 3 is 2.23 bits per heavy atom. The van der Waals surface area contributed by atoms with Gasteiger partial charge >= 0.3 is 12.1 Å². The molecule has 0 bridgehead atoms. The molecule has 0 aliphatic heterocycles. The number of hydrogen-bond donors (Lipinski definition) is 1. The SMILES string of the molecule is O=C(NC1[C@H]2CCC[C@@H]12)C(F)(F)F. The fourth-order valence-corrected chi connectivity index (χ4v) is 2.27. The van der Waals surface area contributed by atoms with Crippen LogP contribution in [0.5, 0.6) is 0 Å². The molecule has 2 nitrogen and oxygen atoms in total. The molecule has 0 heterocycles. The van der Waals surface area contributed by atoms with Crippen molar-refractivity contribution in [3.63, 3.8) is 0 Å². The highest BCUT2D eigenvalue weighted by atomic mass is 19.4.